The maximum Gasteiger partial charge on any atom is 0.339 e. The van der Waals surface area contributed by atoms with Crippen LogP contribution in [0.1, 0.15) is 49.4 Å². The molecule has 0 heterocycles. The van der Waals surface area contributed by atoms with Gasteiger partial charge in [0.15, 0.2) is 11.5 Å². The average molecular weight is 441 g/mol. The molecule has 1 amide bonds. The molecule has 1 aromatic rings. The number of allylic oxidation sites excluding steroid dienone is 1. The van der Waals surface area contributed by atoms with Crippen molar-refractivity contribution in [1.29, 1.82) is 0 Å². The number of aliphatic hydroxyl groups excluding tert-OH is 1. The highest BCUT2D eigenvalue weighted by Gasteiger charge is 2.62. The lowest BCUT2D eigenvalue weighted by atomic mass is 9.43. The molecule has 5 atom stereocenters. The number of carbonyl (C=O) groups excluding carboxylic acids is 2. The number of ketones is 1. The monoisotopic (exact) mass is 441 g/mol. The van der Waals surface area contributed by atoms with E-state index in [0.29, 0.717) is 0 Å². The summed E-state index contributed by atoms with van der Waals surface area (Å²) in [4.78, 5) is 36.8. The van der Waals surface area contributed by atoms with Crippen LogP contribution in [0.25, 0.3) is 0 Å². The second-order valence-corrected chi connectivity index (χ2v) is 9.44. The lowest BCUT2D eigenvalue weighted by Gasteiger charge is -2.61. The van der Waals surface area contributed by atoms with E-state index in [4.69, 9.17) is 5.11 Å². The Hall–Kier alpha value is -3.13. The maximum absolute atomic E-state index is 13.0. The average Bonchev–Trinajstić information content (AvgIpc) is 2.75. The van der Waals surface area contributed by atoms with Crippen LogP contribution < -0.4 is 5.32 Å². The summed E-state index contributed by atoms with van der Waals surface area (Å²) in [5.41, 5.74) is -1.44. The van der Waals surface area contributed by atoms with Crippen LogP contribution in [0.3, 0.4) is 0 Å². The number of phenols is 2. The molecule has 3 unspecified atom stereocenters. The van der Waals surface area contributed by atoms with Crippen LogP contribution in [0.2, 0.25) is 0 Å². The summed E-state index contributed by atoms with van der Waals surface area (Å²) in [6, 6.07) is 2.11. The number of aliphatic hydroxyl groups is 1. The maximum atomic E-state index is 13.0. The number of carboxylic acids is 1. The van der Waals surface area contributed by atoms with Crippen LogP contribution in [0.5, 0.6) is 11.5 Å². The third-order valence-corrected chi connectivity index (χ3v) is 7.88. The van der Waals surface area contributed by atoms with E-state index in [9.17, 15) is 29.7 Å². The first-order valence-electron chi connectivity index (χ1n) is 10.7. The zero-order chi connectivity index (χ0) is 23.4. The molecule has 0 radical (unpaired) electrons. The third-order valence-electron chi connectivity index (χ3n) is 7.88. The molecule has 3 fully saturated rings. The van der Waals surface area contributed by atoms with Crippen LogP contribution in [0.15, 0.2) is 36.4 Å². The number of anilines is 1. The fourth-order valence-corrected chi connectivity index (χ4v) is 5.94. The minimum atomic E-state index is -1.40. The number of aromatic carboxylic acids is 1. The van der Waals surface area contributed by atoms with Crippen molar-refractivity contribution < 1.29 is 34.8 Å². The molecule has 4 aliphatic rings. The van der Waals surface area contributed by atoms with Crippen LogP contribution in [0, 0.1) is 22.7 Å². The number of benzene rings is 1. The summed E-state index contributed by atoms with van der Waals surface area (Å²) in [6.45, 7) is 5.89. The van der Waals surface area contributed by atoms with Gasteiger partial charge in [0.1, 0.15) is 17.0 Å². The minimum Gasteiger partial charge on any atom is -0.506 e. The largest absolute Gasteiger partial charge is 0.506 e. The summed E-state index contributed by atoms with van der Waals surface area (Å²) in [6.07, 6.45) is 5.17. The van der Waals surface area contributed by atoms with Gasteiger partial charge in [-0.1, -0.05) is 19.6 Å². The molecule has 1 spiro atoms. The molecule has 5 rings (SSSR count). The summed E-state index contributed by atoms with van der Waals surface area (Å²) in [5, 5.41) is 42.5. The SMILES string of the molecule is C=C1C2CCC3(C=CC(=O)[C@@](C)(CCC(=O)Nc4c(O)ccc(C(=O)O)c4O)C3C2)[C@H]1O. The van der Waals surface area contributed by atoms with Crippen LogP contribution in [-0.4, -0.2) is 44.2 Å². The molecule has 5 N–H and O–H groups in total. The first-order chi connectivity index (χ1) is 15.0. The van der Waals surface area contributed by atoms with Gasteiger partial charge in [0.2, 0.25) is 5.91 Å². The van der Waals surface area contributed by atoms with E-state index in [1.807, 2.05) is 13.0 Å². The van der Waals surface area contributed by atoms with Gasteiger partial charge in [-0.05, 0) is 61.3 Å². The molecule has 2 bridgehead atoms. The predicted molar refractivity (Wildman–Crippen MR) is 115 cm³/mol. The van der Waals surface area contributed by atoms with Gasteiger partial charge in [0.25, 0.3) is 0 Å². The molecule has 0 saturated heterocycles. The van der Waals surface area contributed by atoms with Gasteiger partial charge >= 0.3 is 5.97 Å². The summed E-state index contributed by atoms with van der Waals surface area (Å²) >= 11 is 0. The lowest BCUT2D eigenvalue weighted by molar-refractivity contribution is -0.145. The number of rotatable bonds is 5. The van der Waals surface area contributed by atoms with E-state index in [2.05, 4.69) is 11.9 Å². The van der Waals surface area contributed by atoms with Gasteiger partial charge in [-0.25, -0.2) is 4.79 Å². The molecule has 32 heavy (non-hydrogen) atoms. The number of carbonyl (C=O) groups is 3. The molecule has 0 aliphatic heterocycles. The number of aromatic hydroxyl groups is 2. The summed E-state index contributed by atoms with van der Waals surface area (Å²) in [7, 11) is 0. The van der Waals surface area contributed by atoms with Crippen molar-refractivity contribution in [3.8, 4) is 11.5 Å². The van der Waals surface area contributed by atoms with Crippen LogP contribution in [0.4, 0.5) is 5.69 Å². The number of nitrogens with one attached hydrogen (secondary N) is 1. The predicted octanol–water partition coefficient (Wildman–Crippen LogP) is 2.99. The van der Waals surface area contributed by atoms with Gasteiger partial charge in [0.05, 0.1) is 6.10 Å². The number of hydrogen-bond donors (Lipinski definition) is 5. The fourth-order valence-electron chi connectivity index (χ4n) is 5.94. The molecule has 3 saturated carbocycles. The molecule has 0 aromatic heterocycles. The van der Waals surface area contributed by atoms with E-state index in [-0.39, 0.29) is 36.1 Å². The van der Waals surface area contributed by atoms with E-state index >= 15 is 0 Å². The Morgan fingerprint density at radius 3 is 2.69 bits per heavy atom. The van der Waals surface area contributed by atoms with Crippen molar-refractivity contribution in [2.24, 2.45) is 22.7 Å². The minimum absolute atomic E-state index is 0.0828. The molecular weight excluding hydrogens is 414 g/mol. The lowest BCUT2D eigenvalue weighted by Crippen LogP contribution is -2.60. The molecule has 8 heteroatoms. The molecule has 4 aliphatic carbocycles. The highest BCUT2D eigenvalue weighted by Crippen LogP contribution is 2.64. The standard InChI is InChI=1S/C24H27NO7/c1-12-13-5-9-24(21(12)30)10-6-17(27)23(2,16(24)11-13)8-7-18(28)25-19-15(26)4-3-14(20(19)29)22(31)32/h3-4,6,10,13,16,21,26,29-30H,1,5,7-9,11H2,2H3,(H,25,28)(H,31,32)/t13?,16?,21-,23-,24?/m0/s1. The Kier molecular flexibility index (Phi) is 5.16. The van der Waals surface area contributed by atoms with Gasteiger partial charge in [-0.2, -0.15) is 0 Å². The van der Waals surface area contributed by atoms with Crippen molar-refractivity contribution >= 4 is 23.3 Å². The highest BCUT2D eigenvalue weighted by molar-refractivity contribution is 6.00. The van der Waals surface area contributed by atoms with E-state index < -0.39 is 45.9 Å². The first-order valence-corrected chi connectivity index (χ1v) is 10.7. The van der Waals surface area contributed by atoms with Gasteiger partial charge < -0.3 is 25.7 Å². The Balaban J connectivity index is 1.54. The van der Waals surface area contributed by atoms with Gasteiger partial charge in [-0.15, -0.1) is 0 Å². The van der Waals surface area contributed by atoms with Crippen LogP contribution in [-0.2, 0) is 9.59 Å². The van der Waals surface area contributed by atoms with Crippen molar-refractivity contribution in [3.63, 3.8) is 0 Å². The Bertz CT molecular complexity index is 1060. The molecule has 1 aromatic carbocycles. The van der Waals surface area contributed by atoms with E-state index in [1.165, 1.54) is 6.08 Å². The molecular formula is C24H27NO7. The number of carboxylic acid groups (broad SMARTS) is 1. The summed E-state index contributed by atoms with van der Waals surface area (Å²) < 4.78 is 0. The summed E-state index contributed by atoms with van der Waals surface area (Å²) in [5.74, 6) is -3.24. The Morgan fingerprint density at radius 1 is 1.28 bits per heavy atom. The fraction of sp³-hybridized carbons (Fsp3) is 0.458. The smallest absolute Gasteiger partial charge is 0.339 e. The van der Waals surface area contributed by atoms with Gasteiger partial charge in [-0.3, -0.25) is 9.59 Å². The van der Waals surface area contributed by atoms with E-state index in [1.54, 1.807) is 0 Å². The van der Waals surface area contributed by atoms with E-state index in [0.717, 1.165) is 37.0 Å². The highest BCUT2D eigenvalue weighted by atomic mass is 16.4. The van der Waals surface area contributed by atoms with Gasteiger partial charge in [0, 0.05) is 17.3 Å². The number of hydrogen-bond acceptors (Lipinski definition) is 6. The number of fused-ring (bicyclic) bond motifs is 2. The second kappa shape index (κ2) is 7.48. The van der Waals surface area contributed by atoms with Crippen molar-refractivity contribution in [1.82, 2.24) is 0 Å². The number of amides is 1. The second-order valence-electron chi connectivity index (χ2n) is 9.44. The molecule has 170 valence electrons. The van der Waals surface area contributed by atoms with Crippen molar-refractivity contribution in [2.45, 2.75) is 45.1 Å². The third kappa shape index (κ3) is 3.12. The van der Waals surface area contributed by atoms with Crippen molar-refractivity contribution in [3.05, 3.63) is 42.0 Å². The first kappa shape index (κ1) is 22.1. The quantitative estimate of drug-likeness (QED) is 0.349. The molecule has 8 nitrogen and oxygen atoms in total. The zero-order valence-corrected chi connectivity index (χ0v) is 17.8. The topological polar surface area (TPSA) is 144 Å². The number of phenolic OH excluding ortho intramolecular Hbond substituents is 1. The van der Waals surface area contributed by atoms with Crippen LogP contribution >= 0.6 is 0 Å². The normalized spacial score (nSPS) is 33.1. The Labute approximate surface area is 185 Å². The van der Waals surface area contributed by atoms with Crippen molar-refractivity contribution in [2.75, 3.05) is 5.32 Å². The zero-order valence-electron chi connectivity index (χ0n) is 17.8. The Morgan fingerprint density at radius 2 is 2.00 bits per heavy atom.